The van der Waals surface area contributed by atoms with Crippen LogP contribution in [-0.4, -0.2) is 27.5 Å². The maximum absolute atomic E-state index is 13.2. The fourth-order valence-corrected chi connectivity index (χ4v) is 1.62. The molecule has 1 aromatic carbocycles. The molecule has 0 radical (unpaired) electrons. The molecule has 0 amide bonds. The molecular formula is C13H13FN2O3. The monoisotopic (exact) mass is 264 g/mol. The lowest BCUT2D eigenvalue weighted by Crippen LogP contribution is -2.09. The summed E-state index contributed by atoms with van der Waals surface area (Å²) in [6.07, 6.45) is 3.59. The zero-order valence-electron chi connectivity index (χ0n) is 10.3. The third-order valence-corrected chi connectivity index (χ3v) is 2.47. The third kappa shape index (κ3) is 3.54. The summed E-state index contributed by atoms with van der Waals surface area (Å²) in [4.78, 5) is 10.8. The molecule has 1 aromatic heterocycles. The van der Waals surface area contributed by atoms with Crippen LogP contribution in [0.5, 0.6) is 5.75 Å². The van der Waals surface area contributed by atoms with Gasteiger partial charge in [0.25, 0.3) is 0 Å². The van der Waals surface area contributed by atoms with Gasteiger partial charge in [-0.2, -0.15) is 5.10 Å². The molecular weight excluding hydrogens is 251 g/mol. The van der Waals surface area contributed by atoms with E-state index < -0.39 is 11.8 Å². The number of halogens is 1. The number of carbonyl (C=O) groups is 1. The van der Waals surface area contributed by atoms with E-state index in [1.165, 1.54) is 6.07 Å². The highest BCUT2D eigenvalue weighted by Crippen LogP contribution is 2.16. The zero-order chi connectivity index (χ0) is 13.8. The molecule has 0 aliphatic carbocycles. The average Bonchev–Trinajstić information content (AvgIpc) is 2.74. The van der Waals surface area contributed by atoms with Gasteiger partial charge in [0, 0.05) is 12.3 Å². The van der Waals surface area contributed by atoms with Crippen LogP contribution < -0.4 is 4.74 Å². The van der Waals surface area contributed by atoms with Crippen molar-refractivity contribution in [2.75, 3.05) is 6.61 Å². The lowest BCUT2D eigenvalue weighted by molar-refractivity contribution is 0.0695. The van der Waals surface area contributed by atoms with E-state index in [0.29, 0.717) is 6.54 Å². The van der Waals surface area contributed by atoms with Crippen LogP contribution in [0.15, 0.2) is 30.6 Å². The van der Waals surface area contributed by atoms with Gasteiger partial charge in [-0.1, -0.05) is 0 Å². The number of hydrogen-bond donors (Lipinski definition) is 1. The van der Waals surface area contributed by atoms with E-state index in [9.17, 15) is 9.18 Å². The maximum atomic E-state index is 13.2. The number of benzene rings is 1. The minimum absolute atomic E-state index is 0.134. The van der Waals surface area contributed by atoms with Crippen molar-refractivity contribution < 1.29 is 19.0 Å². The standard InChI is InChI=1S/C13H13FN2O3/c1-9-7-15-16(8-9)2-3-19-12-5-10(13(17)18)4-11(14)6-12/h4-8H,2-3H2,1H3,(H,17,18). The molecule has 0 fully saturated rings. The summed E-state index contributed by atoms with van der Waals surface area (Å²) in [5.41, 5.74) is 0.906. The molecule has 0 saturated carbocycles. The quantitative estimate of drug-likeness (QED) is 0.898. The Labute approximate surface area is 109 Å². The predicted octanol–water partition coefficient (Wildman–Crippen LogP) is 2.11. The lowest BCUT2D eigenvalue weighted by Gasteiger charge is -2.07. The molecule has 0 unspecified atom stereocenters. The minimum Gasteiger partial charge on any atom is -0.492 e. The van der Waals surface area contributed by atoms with Crippen molar-refractivity contribution >= 4 is 5.97 Å². The highest BCUT2D eigenvalue weighted by molar-refractivity contribution is 5.88. The molecule has 2 rings (SSSR count). The average molecular weight is 264 g/mol. The number of hydrogen-bond acceptors (Lipinski definition) is 3. The first-order valence-electron chi connectivity index (χ1n) is 5.70. The largest absolute Gasteiger partial charge is 0.492 e. The molecule has 1 heterocycles. The van der Waals surface area contributed by atoms with Crippen molar-refractivity contribution in [3.8, 4) is 5.75 Å². The summed E-state index contributed by atoms with van der Waals surface area (Å²) >= 11 is 0. The molecule has 0 saturated heterocycles. The Kier molecular flexibility index (Phi) is 3.79. The Balaban J connectivity index is 1.97. The smallest absolute Gasteiger partial charge is 0.335 e. The van der Waals surface area contributed by atoms with Crippen molar-refractivity contribution in [3.05, 3.63) is 47.5 Å². The Bertz CT molecular complexity index is 595. The molecule has 2 aromatic rings. The topological polar surface area (TPSA) is 64.4 Å². The number of aromatic carboxylic acids is 1. The van der Waals surface area contributed by atoms with Crippen molar-refractivity contribution in [1.29, 1.82) is 0 Å². The number of nitrogens with zero attached hydrogens (tertiary/aromatic N) is 2. The molecule has 0 aliphatic heterocycles. The Morgan fingerprint density at radius 1 is 1.47 bits per heavy atom. The lowest BCUT2D eigenvalue weighted by atomic mass is 10.2. The van der Waals surface area contributed by atoms with E-state index in [4.69, 9.17) is 9.84 Å². The van der Waals surface area contributed by atoms with Crippen molar-refractivity contribution in [3.63, 3.8) is 0 Å². The van der Waals surface area contributed by atoms with E-state index in [1.54, 1.807) is 10.9 Å². The third-order valence-electron chi connectivity index (χ3n) is 2.47. The van der Waals surface area contributed by atoms with Crippen molar-refractivity contribution in [2.24, 2.45) is 0 Å². The SMILES string of the molecule is Cc1cnn(CCOc2cc(F)cc(C(=O)O)c2)c1. The van der Waals surface area contributed by atoms with E-state index in [0.717, 1.165) is 17.7 Å². The maximum Gasteiger partial charge on any atom is 0.335 e. The molecule has 1 N–H and O–H groups in total. The number of aromatic nitrogens is 2. The summed E-state index contributed by atoms with van der Waals surface area (Å²) in [7, 11) is 0. The predicted molar refractivity (Wildman–Crippen MR) is 65.8 cm³/mol. The molecule has 0 aliphatic rings. The zero-order valence-corrected chi connectivity index (χ0v) is 10.3. The van der Waals surface area contributed by atoms with Crippen LogP contribution >= 0.6 is 0 Å². The van der Waals surface area contributed by atoms with Crippen LogP contribution in [0.2, 0.25) is 0 Å². The first-order valence-corrected chi connectivity index (χ1v) is 5.70. The van der Waals surface area contributed by atoms with Gasteiger partial charge in [0.2, 0.25) is 0 Å². The van der Waals surface area contributed by atoms with Gasteiger partial charge < -0.3 is 9.84 Å². The van der Waals surface area contributed by atoms with Crippen LogP contribution in [0.25, 0.3) is 0 Å². The van der Waals surface area contributed by atoms with Gasteiger partial charge in [-0.15, -0.1) is 0 Å². The summed E-state index contributed by atoms with van der Waals surface area (Å²) in [6, 6.07) is 3.40. The van der Waals surface area contributed by atoms with Gasteiger partial charge in [-0.25, -0.2) is 9.18 Å². The first-order chi connectivity index (χ1) is 9.04. The van der Waals surface area contributed by atoms with Crippen molar-refractivity contribution in [2.45, 2.75) is 13.5 Å². The van der Waals surface area contributed by atoms with Gasteiger partial charge in [-0.05, 0) is 24.6 Å². The number of ether oxygens (including phenoxy) is 1. The number of rotatable bonds is 5. The number of carboxylic acid groups (broad SMARTS) is 1. The second-order valence-corrected chi connectivity index (χ2v) is 4.11. The van der Waals surface area contributed by atoms with Gasteiger partial charge in [0.1, 0.15) is 18.2 Å². The minimum atomic E-state index is -1.19. The summed E-state index contributed by atoms with van der Waals surface area (Å²) in [6.45, 7) is 2.71. The first kappa shape index (κ1) is 13.1. The van der Waals surface area contributed by atoms with Crippen LogP contribution in [0.4, 0.5) is 4.39 Å². The Morgan fingerprint density at radius 3 is 2.89 bits per heavy atom. The normalized spacial score (nSPS) is 10.4. The Hall–Kier alpha value is -2.37. The van der Waals surface area contributed by atoms with Crippen LogP contribution in [0, 0.1) is 12.7 Å². The van der Waals surface area contributed by atoms with Crippen LogP contribution in [0.3, 0.4) is 0 Å². The van der Waals surface area contributed by atoms with Crippen LogP contribution in [-0.2, 0) is 6.54 Å². The van der Waals surface area contributed by atoms with Gasteiger partial charge >= 0.3 is 5.97 Å². The Morgan fingerprint density at radius 2 is 2.26 bits per heavy atom. The molecule has 0 atom stereocenters. The van der Waals surface area contributed by atoms with Gasteiger partial charge in [0.15, 0.2) is 0 Å². The summed E-state index contributed by atoms with van der Waals surface area (Å²) in [5.74, 6) is -1.63. The summed E-state index contributed by atoms with van der Waals surface area (Å²) in [5, 5.41) is 12.9. The second kappa shape index (κ2) is 5.51. The van der Waals surface area contributed by atoms with E-state index in [2.05, 4.69) is 5.10 Å². The fourth-order valence-electron chi connectivity index (χ4n) is 1.62. The van der Waals surface area contributed by atoms with E-state index >= 15 is 0 Å². The molecule has 0 bridgehead atoms. The molecule has 19 heavy (non-hydrogen) atoms. The number of aryl methyl sites for hydroxylation is 1. The second-order valence-electron chi connectivity index (χ2n) is 4.11. The summed E-state index contributed by atoms with van der Waals surface area (Å²) < 4.78 is 20.2. The molecule has 5 nitrogen and oxygen atoms in total. The molecule has 0 spiro atoms. The molecule has 100 valence electrons. The number of carboxylic acids is 1. The fraction of sp³-hybridized carbons (Fsp3) is 0.231. The van der Waals surface area contributed by atoms with Crippen LogP contribution in [0.1, 0.15) is 15.9 Å². The van der Waals surface area contributed by atoms with Gasteiger partial charge in [0.05, 0.1) is 18.3 Å². The van der Waals surface area contributed by atoms with Crippen molar-refractivity contribution in [1.82, 2.24) is 9.78 Å². The van der Waals surface area contributed by atoms with E-state index in [1.807, 2.05) is 13.1 Å². The van der Waals surface area contributed by atoms with E-state index in [-0.39, 0.29) is 17.9 Å². The van der Waals surface area contributed by atoms with Gasteiger partial charge in [-0.3, -0.25) is 4.68 Å². The molecule has 6 heteroatoms. The highest BCUT2D eigenvalue weighted by atomic mass is 19.1. The highest BCUT2D eigenvalue weighted by Gasteiger charge is 2.07.